The topological polar surface area (TPSA) is 46.3 Å². The third-order valence-electron chi connectivity index (χ3n) is 4.62. The van der Waals surface area contributed by atoms with Gasteiger partial charge in [-0.2, -0.15) is 0 Å². The Kier molecular flexibility index (Phi) is 3.69. The Bertz CT molecular complexity index is 537. The predicted molar refractivity (Wildman–Crippen MR) is 75.9 cm³/mol. The lowest BCUT2D eigenvalue weighted by Gasteiger charge is -2.19. The van der Waals surface area contributed by atoms with Gasteiger partial charge in [0.05, 0.1) is 6.42 Å². The highest BCUT2D eigenvalue weighted by Gasteiger charge is 2.42. The summed E-state index contributed by atoms with van der Waals surface area (Å²) in [6.45, 7) is 1.56. The lowest BCUT2D eigenvalue weighted by molar-refractivity contribution is -0.129. The van der Waals surface area contributed by atoms with E-state index in [2.05, 4.69) is 0 Å². The SMILES string of the molecule is NC1CCC2CN(C(=O)Cc3ccc(F)cc3Cl)CC12. The van der Waals surface area contributed by atoms with Crippen LogP contribution in [0, 0.1) is 17.7 Å². The summed E-state index contributed by atoms with van der Waals surface area (Å²) >= 11 is 5.97. The van der Waals surface area contributed by atoms with E-state index in [0.29, 0.717) is 22.4 Å². The number of hydrogen-bond acceptors (Lipinski definition) is 2. The molecule has 3 atom stereocenters. The van der Waals surface area contributed by atoms with Crippen molar-refractivity contribution in [2.75, 3.05) is 13.1 Å². The maximum Gasteiger partial charge on any atom is 0.227 e. The predicted octanol–water partition coefficient (Wildman–Crippen LogP) is 2.22. The Hall–Kier alpha value is -1.13. The Balaban J connectivity index is 1.66. The zero-order valence-corrected chi connectivity index (χ0v) is 11.9. The second-order valence-electron chi connectivity index (χ2n) is 5.88. The van der Waals surface area contributed by atoms with Crippen LogP contribution in [-0.4, -0.2) is 29.9 Å². The standard InChI is InChI=1S/C15H18ClFN2O/c16-13-6-11(17)3-1-9(13)5-15(20)19-7-10-2-4-14(18)12(10)8-19/h1,3,6,10,12,14H,2,4-5,7-8,18H2. The molecule has 1 aromatic carbocycles. The fourth-order valence-corrected chi connectivity index (χ4v) is 3.68. The number of nitrogens with zero attached hydrogens (tertiary/aromatic N) is 1. The van der Waals surface area contributed by atoms with Crippen molar-refractivity contribution in [2.45, 2.75) is 25.3 Å². The van der Waals surface area contributed by atoms with Gasteiger partial charge in [-0.3, -0.25) is 4.79 Å². The minimum absolute atomic E-state index is 0.0557. The van der Waals surface area contributed by atoms with Crippen LogP contribution in [0.5, 0.6) is 0 Å². The Labute approximate surface area is 122 Å². The number of halogens is 2. The van der Waals surface area contributed by atoms with E-state index >= 15 is 0 Å². The molecular formula is C15H18ClFN2O. The minimum atomic E-state index is -0.382. The molecule has 5 heteroatoms. The Morgan fingerprint density at radius 2 is 2.20 bits per heavy atom. The van der Waals surface area contributed by atoms with Crippen molar-refractivity contribution in [1.29, 1.82) is 0 Å². The van der Waals surface area contributed by atoms with Gasteiger partial charge in [-0.1, -0.05) is 17.7 Å². The van der Waals surface area contributed by atoms with E-state index in [-0.39, 0.29) is 24.2 Å². The van der Waals surface area contributed by atoms with Gasteiger partial charge in [-0.15, -0.1) is 0 Å². The van der Waals surface area contributed by atoms with Crippen LogP contribution in [0.4, 0.5) is 4.39 Å². The molecule has 1 aromatic rings. The van der Waals surface area contributed by atoms with Crippen LogP contribution in [0.2, 0.25) is 5.02 Å². The number of likely N-dealkylation sites (tertiary alicyclic amines) is 1. The van der Waals surface area contributed by atoms with E-state index in [0.717, 1.165) is 25.9 Å². The first kappa shape index (κ1) is 13.8. The first-order chi connectivity index (χ1) is 9.54. The number of rotatable bonds is 2. The van der Waals surface area contributed by atoms with Gasteiger partial charge in [0.15, 0.2) is 0 Å². The van der Waals surface area contributed by atoms with Crippen LogP contribution in [0.25, 0.3) is 0 Å². The molecule has 1 amide bonds. The summed E-state index contributed by atoms with van der Waals surface area (Å²) in [6.07, 6.45) is 2.42. The van der Waals surface area contributed by atoms with Crippen molar-refractivity contribution in [2.24, 2.45) is 17.6 Å². The highest BCUT2D eigenvalue weighted by Crippen LogP contribution is 2.37. The molecule has 2 aliphatic rings. The molecule has 0 spiro atoms. The van der Waals surface area contributed by atoms with E-state index < -0.39 is 0 Å². The monoisotopic (exact) mass is 296 g/mol. The highest BCUT2D eigenvalue weighted by atomic mass is 35.5. The van der Waals surface area contributed by atoms with Gasteiger partial charge in [0, 0.05) is 24.2 Å². The molecule has 2 N–H and O–H groups in total. The maximum absolute atomic E-state index is 13.0. The zero-order valence-electron chi connectivity index (χ0n) is 11.2. The molecule has 0 bridgehead atoms. The molecule has 0 aromatic heterocycles. The summed E-state index contributed by atoms with van der Waals surface area (Å²) < 4.78 is 13.0. The lowest BCUT2D eigenvalue weighted by Crippen LogP contribution is -2.34. The number of benzene rings is 1. The van der Waals surface area contributed by atoms with E-state index in [1.807, 2.05) is 4.90 Å². The molecule has 1 aliphatic heterocycles. The normalized spacial score (nSPS) is 28.8. The fraction of sp³-hybridized carbons (Fsp3) is 0.533. The molecule has 20 heavy (non-hydrogen) atoms. The summed E-state index contributed by atoms with van der Waals surface area (Å²) in [5, 5.41) is 0.314. The number of carbonyl (C=O) groups excluding carboxylic acids is 1. The van der Waals surface area contributed by atoms with Crippen molar-refractivity contribution in [3.05, 3.63) is 34.6 Å². The number of carbonyl (C=O) groups is 1. The van der Waals surface area contributed by atoms with Gasteiger partial charge in [0.25, 0.3) is 0 Å². The van der Waals surface area contributed by atoms with Crippen molar-refractivity contribution >= 4 is 17.5 Å². The summed E-state index contributed by atoms with van der Waals surface area (Å²) in [5.41, 5.74) is 6.75. The zero-order chi connectivity index (χ0) is 14.3. The molecule has 3 nitrogen and oxygen atoms in total. The van der Waals surface area contributed by atoms with Gasteiger partial charge >= 0.3 is 0 Å². The van der Waals surface area contributed by atoms with E-state index in [1.54, 1.807) is 6.07 Å². The minimum Gasteiger partial charge on any atom is -0.342 e. The molecule has 3 unspecified atom stereocenters. The summed E-state index contributed by atoms with van der Waals surface area (Å²) in [5.74, 6) is 0.674. The first-order valence-electron chi connectivity index (χ1n) is 7.02. The van der Waals surface area contributed by atoms with Gasteiger partial charge in [-0.25, -0.2) is 4.39 Å². The fourth-order valence-electron chi connectivity index (χ4n) is 3.45. The second-order valence-corrected chi connectivity index (χ2v) is 6.28. The molecule has 2 fully saturated rings. The van der Waals surface area contributed by atoms with Crippen LogP contribution >= 0.6 is 11.6 Å². The molecule has 1 saturated carbocycles. The van der Waals surface area contributed by atoms with E-state index in [9.17, 15) is 9.18 Å². The van der Waals surface area contributed by atoms with Crippen LogP contribution in [0.3, 0.4) is 0 Å². The van der Waals surface area contributed by atoms with Crippen molar-refractivity contribution in [1.82, 2.24) is 4.90 Å². The number of fused-ring (bicyclic) bond motifs is 1. The third-order valence-corrected chi connectivity index (χ3v) is 4.97. The summed E-state index contributed by atoms with van der Waals surface area (Å²) in [7, 11) is 0. The number of hydrogen-bond donors (Lipinski definition) is 1. The van der Waals surface area contributed by atoms with Gasteiger partial charge < -0.3 is 10.6 Å². The van der Waals surface area contributed by atoms with E-state index in [4.69, 9.17) is 17.3 Å². The molecule has 108 valence electrons. The molecule has 1 saturated heterocycles. The van der Waals surface area contributed by atoms with Crippen LogP contribution < -0.4 is 5.73 Å². The van der Waals surface area contributed by atoms with Gasteiger partial charge in [-0.05, 0) is 42.4 Å². The van der Waals surface area contributed by atoms with Crippen LogP contribution in [0.1, 0.15) is 18.4 Å². The first-order valence-corrected chi connectivity index (χ1v) is 7.39. The van der Waals surface area contributed by atoms with E-state index in [1.165, 1.54) is 12.1 Å². The van der Waals surface area contributed by atoms with Gasteiger partial charge in [0.1, 0.15) is 5.82 Å². The smallest absolute Gasteiger partial charge is 0.227 e. The quantitative estimate of drug-likeness (QED) is 0.909. The molecular weight excluding hydrogens is 279 g/mol. The largest absolute Gasteiger partial charge is 0.342 e. The van der Waals surface area contributed by atoms with Crippen LogP contribution in [0.15, 0.2) is 18.2 Å². The summed E-state index contributed by atoms with van der Waals surface area (Å²) in [4.78, 5) is 14.2. The third kappa shape index (κ3) is 2.54. The lowest BCUT2D eigenvalue weighted by atomic mass is 9.98. The molecule has 3 rings (SSSR count). The maximum atomic E-state index is 13.0. The Morgan fingerprint density at radius 1 is 1.40 bits per heavy atom. The molecule has 0 radical (unpaired) electrons. The molecule has 1 heterocycles. The Morgan fingerprint density at radius 3 is 2.90 bits per heavy atom. The average Bonchev–Trinajstić information content (AvgIpc) is 2.96. The highest BCUT2D eigenvalue weighted by molar-refractivity contribution is 6.31. The van der Waals surface area contributed by atoms with Gasteiger partial charge in [0.2, 0.25) is 5.91 Å². The van der Waals surface area contributed by atoms with Crippen molar-refractivity contribution < 1.29 is 9.18 Å². The van der Waals surface area contributed by atoms with Crippen molar-refractivity contribution in [3.8, 4) is 0 Å². The van der Waals surface area contributed by atoms with Crippen molar-refractivity contribution in [3.63, 3.8) is 0 Å². The second kappa shape index (κ2) is 5.34. The number of amides is 1. The molecule has 1 aliphatic carbocycles. The van der Waals surface area contributed by atoms with Crippen LogP contribution in [-0.2, 0) is 11.2 Å². The number of nitrogens with two attached hydrogens (primary N) is 1. The summed E-state index contributed by atoms with van der Waals surface area (Å²) in [6, 6.07) is 4.40. The average molecular weight is 297 g/mol.